The lowest BCUT2D eigenvalue weighted by Crippen LogP contribution is -2.48. The van der Waals surface area contributed by atoms with E-state index >= 15 is 0 Å². The van der Waals surface area contributed by atoms with Crippen molar-refractivity contribution in [3.05, 3.63) is 14.2 Å². The first kappa shape index (κ1) is 13.3. The van der Waals surface area contributed by atoms with Gasteiger partial charge in [0.1, 0.15) is 4.88 Å². The summed E-state index contributed by atoms with van der Waals surface area (Å²) in [4.78, 5) is 14.0. The van der Waals surface area contributed by atoms with Crippen LogP contribution in [0, 0.1) is 0 Å². The summed E-state index contributed by atoms with van der Waals surface area (Å²) < 4.78 is 28.1. The van der Waals surface area contributed by atoms with Crippen LogP contribution in [0.1, 0.15) is 15.2 Å². The number of carbonyl (C=O) groups is 1. The van der Waals surface area contributed by atoms with Gasteiger partial charge in [0.2, 0.25) is 0 Å². The summed E-state index contributed by atoms with van der Waals surface area (Å²) in [6, 6.07) is -0.521. The number of aliphatic hydroxyl groups excluding tert-OH is 1. The van der Waals surface area contributed by atoms with Crippen molar-refractivity contribution in [2.45, 2.75) is 18.4 Å². The van der Waals surface area contributed by atoms with Crippen LogP contribution in [-0.2, 0) is 6.42 Å². The first-order chi connectivity index (χ1) is 8.91. The van der Waals surface area contributed by atoms with E-state index in [4.69, 9.17) is 0 Å². The van der Waals surface area contributed by atoms with E-state index in [9.17, 15) is 18.7 Å². The third-order valence-electron chi connectivity index (χ3n) is 3.31. The monoisotopic (exact) mass is 352 g/mol. The van der Waals surface area contributed by atoms with E-state index in [1.165, 1.54) is 16.2 Å². The number of amides is 1. The highest BCUT2D eigenvalue weighted by atomic mass is 79.9. The predicted octanol–water partition coefficient (Wildman–Crippen LogP) is 1.61. The van der Waals surface area contributed by atoms with E-state index in [0.29, 0.717) is 19.9 Å². The van der Waals surface area contributed by atoms with Crippen LogP contribution in [0.3, 0.4) is 0 Å². The maximum absolute atomic E-state index is 13.8. The Morgan fingerprint density at radius 3 is 3.00 bits per heavy atom. The summed E-state index contributed by atoms with van der Waals surface area (Å²) in [6.45, 7) is -0.484. The minimum Gasteiger partial charge on any atom is -0.394 e. The van der Waals surface area contributed by atoms with E-state index in [1.54, 1.807) is 0 Å². The Morgan fingerprint density at radius 2 is 2.32 bits per heavy atom. The number of alkyl halides is 2. The molecule has 2 N–H and O–H groups in total. The van der Waals surface area contributed by atoms with Gasteiger partial charge in [0.15, 0.2) is 0 Å². The second-order valence-corrected chi connectivity index (χ2v) is 7.14. The Labute approximate surface area is 120 Å². The molecular weight excluding hydrogens is 342 g/mol. The average molecular weight is 353 g/mol. The second kappa shape index (κ2) is 4.39. The van der Waals surface area contributed by atoms with Crippen LogP contribution < -0.4 is 10.2 Å². The van der Waals surface area contributed by atoms with E-state index < -0.39 is 18.5 Å². The average Bonchev–Trinajstić information content (AvgIpc) is 2.57. The summed E-state index contributed by atoms with van der Waals surface area (Å²) in [5, 5.41) is 11.9. The first-order valence-corrected chi connectivity index (χ1v) is 7.38. The van der Waals surface area contributed by atoms with Crippen molar-refractivity contribution in [1.82, 2.24) is 5.32 Å². The molecule has 0 aromatic carbocycles. The molecular formula is C11H11BrF2N2O2S. The van der Waals surface area contributed by atoms with Gasteiger partial charge in [-0.05, 0) is 15.9 Å². The van der Waals surface area contributed by atoms with Crippen LogP contribution in [0.15, 0.2) is 3.79 Å². The number of nitrogens with zero attached hydrogens (tertiary/aromatic N) is 1. The topological polar surface area (TPSA) is 52.6 Å². The fourth-order valence-corrected chi connectivity index (χ4v) is 4.35. The highest BCUT2D eigenvalue weighted by Crippen LogP contribution is 2.46. The van der Waals surface area contributed by atoms with Gasteiger partial charge in [0, 0.05) is 18.5 Å². The third kappa shape index (κ3) is 2.15. The molecule has 104 valence electrons. The van der Waals surface area contributed by atoms with E-state index in [0.717, 1.165) is 0 Å². The lowest BCUT2D eigenvalue weighted by atomic mass is 10.0. The smallest absolute Gasteiger partial charge is 0.269 e. The van der Waals surface area contributed by atoms with Crippen molar-refractivity contribution in [1.29, 1.82) is 0 Å². The van der Waals surface area contributed by atoms with Crippen LogP contribution in [0.5, 0.6) is 0 Å². The maximum Gasteiger partial charge on any atom is 0.269 e. The van der Waals surface area contributed by atoms with Crippen molar-refractivity contribution in [2.24, 2.45) is 0 Å². The van der Waals surface area contributed by atoms with Gasteiger partial charge >= 0.3 is 0 Å². The van der Waals surface area contributed by atoms with Gasteiger partial charge in [0.05, 0.1) is 28.7 Å². The van der Waals surface area contributed by atoms with Gasteiger partial charge in [-0.15, -0.1) is 11.3 Å². The molecule has 8 heteroatoms. The number of thiophene rings is 1. The van der Waals surface area contributed by atoms with Gasteiger partial charge in [-0.25, -0.2) is 8.78 Å². The Balaban J connectivity index is 2.12. The van der Waals surface area contributed by atoms with Crippen LogP contribution in [0.4, 0.5) is 14.5 Å². The normalized spacial score (nSPS) is 24.7. The second-order valence-electron chi connectivity index (χ2n) is 4.80. The SMILES string of the molecule is O=C1N[C@H](CO)CN2CC(F)(F)Cc3c(Br)sc1c32. The fraction of sp³-hybridized carbons (Fsp3) is 0.545. The van der Waals surface area contributed by atoms with Gasteiger partial charge in [0.25, 0.3) is 11.8 Å². The van der Waals surface area contributed by atoms with Crippen molar-refractivity contribution in [3.63, 3.8) is 0 Å². The van der Waals surface area contributed by atoms with E-state index in [-0.39, 0.29) is 25.5 Å². The summed E-state index contributed by atoms with van der Waals surface area (Å²) in [5.41, 5.74) is 1.08. The highest BCUT2D eigenvalue weighted by molar-refractivity contribution is 9.11. The fourth-order valence-electron chi connectivity index (χ4n) is 2.57. The molecule has 0 bridgehead atoms. The zero-order valence-corrected chi connectivity index (χ0v) is 12.2. The summed E-state index contributed by atoms with van der Waals surface area (Å²) >= 11 is 4.43. The van der Waals surface area contributed by atoms with Gasteiger partial charge < -0.3 is 15.3 Å². The van der Waals surface area contributed by atoms with Crippen LogP contribution in [0.25, 0.3) is 0 Å². The molecule has 19 heavy (non-hydrogen) atoms. The molecule has 0 unspecified atom stereocenters. The number of carbonyl (C=O) groups excluding carboxylic acids is 1. The molecule has 2 aliphatic heterocycles. The minimum atomic E-state index is -2.82. The van der Waals surface area contributed by atoms with Crippen LogP contribution in [-0.4, -0.2) is 42.7 Å². The molecule has 0 radical (unpaired) electrons. The molecule has 1 aromatic rings. The molecule has 2 aliphatic rings. The maximum atomic E-state index is 13.8. The number of hydrogen-bond donors (Lipinski definition) is 2. The molecule has 0 saturated heterocycles. The number of aliphatic hydroxyl groups is 1. The van der Waals surface area contributed by atoms with Crippen molar-refractivity contribution in [2.75, 3.05) is 24.6 Å². The molecule has 0 saturated carbocycles. The highest BCUT2D eigenvalue weighted by Gasteiger charge is 2.44. The molecule has 3 heterocycles. The molecule has 1 amide bonds. The Kier molecular flexibility index (Phi) is 3.06. The number of nitrogens with one attached hydrogen (secondary N) is 1. The predicted molar refractivity (Wildman–Crippen MR) is 71.2 cm³/mol. The standard InChI is InChI=1S/C11H11BrF2N2O2S/c12-9-6-1-11(13,14)4-16-2-5(3-17)15-10(18)8(19-9)7(6)16/h5,17H,1-4H2,(H,15,18)/t5-/m0/s1. The van der Waals surface area contributed by atoms with Crippen LogP contribution >= 0.6 is 27.3 Å². The van der Waals surface area contributed by atoms with E-state index in [1.807, 2.05) is 0 Å². The minimum absolute atomic E-state index is 0.195. The molecule has 0 fully saturated rings. The zero-order valence-electron chi connectivity index (χ0n) is 9.75. The largest absolute Gasteiger partial charge is 0.394 e. The van der Waals surface area contributed by atoms with Crippen molar-refractivity contribution < 1.29 is 18.7 Å². The number of hydrogen-bond acceptors (Lipinski definition) is 4. The molecule has 0 spiro atoms. The quantitative estimate of drug-likeness (QED) is 0.807. The van der Waals surface area contributed by atoms with Crippen molar-refractivity contribution in [3.8, 4) is 0 Å². The zero-order chi connectivity index (χ0) is 13.8. The Bertz CT molecular complexity index is 549. The lowest BCUT2D eigenvalue weighted by molar-refractivity contribution is 0.00490. The number of rotatable bonds is 1. The van der Waals surface area contributed by atoms with Crippen molar-refractivity contribution >= 4 is 38.9 Å². The number of anilines is 1. The van der Waals surface area contributed by atoms with Gasteiger partial charge in [-0.3, -0.25) is 4.79 Å². The van der Waals surface area contributed by atoms with Gasteiger partial charge in [-0.1, -0.05) is 0 Å². The Morgan fingerprint density at radius 1 is 1.58 bits per heavy atom. The Hall–Kier alpha value is -0.730. The number of halogens is 3. The summed E-state index contributed by atoms with van der Waals surface area (Å²) in [6.07, 6.45) is -0.354. The summed E-state index contributed by atoms with van der Waals surface area (Å²) in [5.74, 6) is -3.12. The first-order valence-electron chi connectivity index (χ1n) is 5.77. The summed E-state index contributed by atoms with van der Waals surface area (Å²) in [7, 11) is 0. The molecule has 4 nitrogen and oxygen atoms in total. The van der Waals surface area contributed by atoms with E-state index in [2.05, 4.69) is 21.2 Å². The molecule has 3 rings (SSSR count). The third-order valence-corrected chi connectivity index (χ3v) is 5.28. The van der Waals surface area contributed by atoms with Gasteiger partial charge in [-0.2, -0.15) is 0 Å². The molecule has 1 atom stereocenters. The lowest BCUT2D eigenvalue weighted by Gasteiger charge is -2.35. The molecule has 1 aromatic heterocycles. The van der Waals surface area contributed by atoms with Crippen LogP contribution in [0.2, 0.25) is 0 Å². The molecule has 0 aliphatic carbocycles.